The summed E-state index contributed by atoms with van der Waals surface area (Å²) in [5, 5.41) is 0. The molecule has 1 saturated heterocycles. The number of rotatable bonds is 6. The Hall–Kier alpha value is -2.59. The fourth-order valence-corrected chi connectivity index (χ4v) is 3.19. The van der Waals surface area contributed by atoms with Crippen molar-refractivity contribution in [3.8, 4) is 5.75 Å². The lowest BCUT2D eigenvalue weighted by Crippen LogP contribution is -2.63. The second kappa shape index (κ2) is 7.53. The van der Waals surface area contributed by atoms with Crippen molar-refractivity contribution in [2.45, 2.75) is 6.04 Å². The van der Waals surface area contributed by atoms with Crippen LogP contribution in [0.5, 0.6) is 5.75 Å². The molecule has 2 unspecified atom stereocenters. The first kappa shape index (κ1) is 17.2. The zero-order valence-corrected chi connectivity index (χ0v) is 14.9. The monoisotopic (exact) mass is 336 g/mol. The van der Waals surface area contributed by atoms with E-state index < -0.39 is 0 Å². The van der Waals surface area contributed by atoms with Gasteiger partial charge in [0.05, 0.1) is 19.1 Å². The largest absolute Gasteiger partial charge is 0.497 e. The summed E-state index contributed by atoms with van der Waals surface area (Å²) in [7, 11) is 5.64. The normalized spacial score (nSPS) is 20.2. The third kappa shape index (κ3) is 3.74. The predicted octanol–water partition coefficient (Wildman–Crippen LogP) is 3.30. The van der Waals surface area contributed by atoms with E-state index in [1.54, 1.807) is 7.11 Å². The van der Waals surface area contributed by atoms with E-state index in [2.05, 4.69) is 29.2 Å². The van der Waals surface area contributed by atoms with Crippen LogP contribution in [-0.4, -0.2) is 44.6 Å². The van der Waals surface area contributed by atoms with E-state index in [-0.39, 0.29) is 17.9 Å². The van der Waals surface area contributed by atoms with Gasteiger partial charge in [0.1, 0.15) is 5.75 Å². The van der Waals surface area contributed by atoms with Crippen LogP contribution in [0, 0.1) is 5.92 Å². The molecule has 0 aliphatic carbocycles. The van der Waals surface area contributed by atoms with E-state index in [0.717, 1.165) is 23.5 Å². The van der Waals surface area contributed by atoms with Crippen LogP contribution in [0.2, 0.25) is 0 Å². The Labute approximate surface area is 149 Å². The van der Waals surface area contributed by atoms with E-state index >= 15 is 0 Å². The standard InChI is InChI=1S/C21H24N2O2/c1-22(2)15-19-20(14-9-16-7-5-4-6-8-16)23(21(19)24)17-10-12-18(25-3)13-11-17/h4-14,19-20H,15H2,1-3H3/b14-9+. The van der Waals surface area contributed by atoms with E-state index in [4.69, 9.17) is 4.74 Å². The molecule has 0 radical (unpaired) electrons. The molecule has 1 aliphatic rings. The molecular formula is C21H24N2O2. The van der Waals surface area contributed by atoms with E-state index in [1.165, 1.54) is 0 Å². The summed E-state index contributed by atoms with van der Waals surface area (Å²) >= 11 is 0. The Kier molecular flexibility index (Phi) is 5.19. The summed E-state index contributed by atoms with van der Waals surface area (Å²) < 4.78 is 5.21. The molecule has 2 aromatic rings. The number of carbonyl (C=O) groups excluding carboxylic acids is 1. The molecule has 3 rings (SSSR count). The van der Waals surface area contributed by atoms with Gasteiger partial charge in [-0.15, -0.1) is 0 Å². The SMILES string of the molecule is COc1ccc(N2C(=O)C(CN(C)C)C2/C=C/c2ccccc2)cc1. The van der Waals surface area contributed by atoms with Crippen LogP contribution < -0.4 is 9.64 Å². The zero-order chi connectivity index (χ0) is 17.8. The molecule has 2 atom stereocenters. The second-order valence-corrected chi connectivity index (χ2v) is 6.54. The van der Waals surface area contributed by atoms with Crippen LogP contribution in [0.15, 0.2) is 60.7 Å². The maximum atomic E-state index is 12.7. The lowest BCUT2D eigenvalue weighted by Gasteiger charge is -2.46. The fraction of sp³-hybridized carbons (Fsp3) is 0.286. The average Bonchev–Trinajstić information content (AvgIpc) is 2.64. The van der Waals surface area contributed by atoms with Gasteiger partial charge in [0.15, 0.2) is 0 Å². The summed E-state index contributed by atoms with van der Waals surface area (Å²) in [6.45, 7) is 0.745. The molecule has 0 bridgehead atoms. The Morgan fingerprint density at radius 3 is 2.36 bits per heavy atom. The highest BCUT2D eigenvalue weighted by Gasteiger charge is 2.46. The van der Waals surface area contributed by atoms with Crippen LogP contribution in [0.25, 0.3) is 6.08 Å². The van der Waals surface area contributed by atoms with E-state index in [9.17, 15) is 4.79 Å². The second-order valence-electron chi connectivity index (χ2n) is 6.54. The smallest absolute Gasteiger partial charge is 0.234 e. The topological polar surface area (TPSA) is 32.8 Å². The van der Waals surface area contributed by atoms with Crippen molar-refractivity contribution in [3.05, 3.63) is 66.2 Å². The number of hydrogen-bond acceptors (Lipinski definition) is 3. The Morgan fingerprint density at radius 2 is 1.76 bits per heavy atom. The molecule has 0 saturated carbocycles. The summed E-state index contributed by atoms with van der Waals surface area (Å²) in [5.74, 6) is 0.941. The lowest BCUT2D eigenvalue weighted by molar-refractivity contribution is -0.129. The molecular weight excluding hydrogens is 312 g/mol. The van der Waals surface area contributed by atoms with Gasteiger partial charge >= 0.3 is 0 Å². The quantitative estimate of drug-likeness (QED) is 0.759. The number of amides is 1. The first-order valence-corrected chi connectivity index (χ1v) is 8.45. The third-order valence-electron chi connectivity index (χ3n) is 4.46. The molecule has 25 heavy (non-hydrogen) atoms. The van der Waals surface area contributed by atoms with Crippen LogP contribution in [0.1, 0.15) is 5.56 Å². The number of β-lactam (4-membered cyclic amide) rings is 1. The summed E-state index contributed by atoms with van der Waals surface area (Å²) in [6.07, 6.45) is 4.23. The van der Waals surface area contributed by atoms with E-state index in [0.29, 0.717) is 0 Å². The van der Waals surface area contributed by atoms with Gasteiger partial charge in [-0.2, -0.15) is 0 Å². The maximum absolute atomic E-state index is 12.7. The van der Waals surface area contributed by atoms with Crippen LogP contribution in [0.4, 0.5) is 5.69 Å². The number of hydrogen-bond donors (Lipinski definition) is 0. The molecule has 4 heteroatoms. The molecule has 1 aliphatic heterocycles. The third-order valence-corrected chi connectivity index (χ3v) is 4.46. The minimum Gasteiger partial charge on any atom is -0.497 e. The number of anilines is 1. The first-order valence-electron chi connectivity index (χ1n) is 8.45. The molecule has 1 heterocycles. The summed E-state index contributed by atoms with van der Waals surface area (Å²) in [4.78, 5) is 16.6. The van der Waals surface area contributed by atoms with E-state index in [1.807, 2.05) is 61.5 Å². The first-order chi connectivity index (χ1) is 12.1. The average molecular weight is 336 g/mol. The summed E-state index contributed by atoms with van der Waals surface area (Å²) in [6, 6.07) is 17.9. The number of benzene rings is 2. The van der Waals surface area contributed by atoms with Gasteiger partial charge in [-0.25, -0.2) is 0 Å². The Morgan fingerprint density at radius 1 is 1.08 bits per heavy atom. The lowest BCUT2D eigenvalue weighted by atomic mass is 9.85. The summed E-state index contributed by atoms with van der Waals surface area (Å²) in [5.41, 5.74) is 2.05. The van der Waals surface area contributed by atoms with Crippen molar-refractivity contribution >= 4 is 17.7 Å². The van der Waals surface area contributed by atoms with Gasteiger partial charge in [0, 0.05) is 12.2 Å². The van der Waals surface area contributed by atoms with Crippen molar-refractivity contribution in [1.82, 2.24) is 4.90 Å². The number of ether oxygens (including phenoxy) is 1. The predicted molar refractivity (Wildman–Crippen MR) is 102 cm³/mol. The molecule has 1 fully saturated rings. The molecule has 4 nitrogen and oxygen atoms in total. The van der Waals surface area contributed by atoms with Crippen LogP contribution >= 0.6 is 0 Å². The minimum absolute atomic E-state index is 0.0166. The number of methoxy groups -OCH3 is 1. The number of nitrogens with zero attached hydrogens (tertiary/aromatic N) is 2. The minimum atomic E-state index is -0.0166. The van der Waals surface area contributed by atoms with Crippen LogP contribution in [0.3, 0.4) is 0 Å². The number of carbonyl (C=O) groups is 1. The molecule has 0 aromatic heterocycles. The van der Waals surface area contributed by atoms with Crippen molar-refractivity contribution in [1.29, 1.82) is 0 Å². The van der Waals surface area contributed by atoms with Crippen LogP contribution in [-0.2, 0) is 4.79 Å². The Balaban J connectivity index is 1.84. The Bertz CT molecular complexity index is 738. The molecule has 0 N–H and O–H groups in total. The fourth-order valence-electron chi connectivity index (χ4n) is 3.19. The van der Waals surface area contributed by atoms with Gasteiger partial charge in [0.2, 0.25) is 5.91 Å². The van der Waals surface area contributed by atoms with Gasteiger partial charge in [0.25, 0.3) is 0 Å². The van der Waals surface area contributed by atoms with Crippen molar-refractivity contribution in [2.24, 2.45) is 5.92 Å². The van der Waals surface area contributed by atoms with Gasteiger partial charge in [-0.1, -0.05) is 42.5 Å². The molecule has 1 amide bonds. The maximum Gasteiger partial charge on any atom is 0.234 e. The van der Waals surface area contributed by atoms with Crippen molar-refractivity contribution in [3.63, 3.8) is 0 Å². The highest BCUT2D eigenvalue weighted by atomic mass is 16.5. The zero-order valence-electron chi connectivity index (χ0n) is 14.9. The molecule has 0 spiro atoms. The van der Waals surface area contributed by atoms with Gasteiger partial charge < -0.3 is 14.5 Å². The van der Waals surface area contributed by atoms with Crippen molar-refractivity contribution < 1.29 is 9.53 Å². The van der Waals surface area contributed by atoms with Gasteiger partial charge in [-0.05, 0) is 43.9 Å². The van der Waals surface area contributed by atoms with Crippen molar-refractivity contribution in [2.75, 3.05) is 32.6 Å². The van der Waals surface area contributed by atoms with Gasteiger partial charge in [-0.3, -0.25) is 4.79 Å². The molecule has 130 valence electrons. The molecule has 2 aromatic carbocycles. The highest BCUT2D eigenvalue weighted by molar-refractivity contribution is 6.04. The highest BCUT2D eigenvalue weighted by Crippen LogP contribution is 2.35.